The highest BCUT2D eigenvalue weighted by Gasteiger charge is 2.25. The first-order valence-corrected chi connectivity index (χ1v) is 10.1. The Balaban J connectivity index is 1.31. The fourth-order valence-corrected chi connectivity index (χ4v) is 3.81. The van der Waals surface area contributed by atoms with Crippen LogP contribution in [0.15, 0.2) is 28.7 Å². The molecule has 1 aliphatic rings. The number of methoxy groups -OCH3 is 2. The number of anilines is 1. The van der Waals surface area contributed by atoms with E-state index >= 15 is 0 Å². The zero-order valence-electron chi connectivity index (χ0n) is 17.3. The molecule has 4 rings (SSSR count). The summed E-state index contributed by atoms with van der Waals surface area (Å²) < 4.78 is 16.2. The molecule has 1 saturated heterocycles. The van der Waals surface area contributed by atoms with E-state index in [-0.39, 0.29) is 11.8 Å². The molecule has 9 heteroatoms. The van der Waals surface area contributed by atoms with E-state index in [2.05, 4.69) is 25.4 Å². The highest BCUT2D eigenvalue weighted by Crippen LogP contribution is 2.29. The van der Waals surface area contributed by atoms with E-state index in [1.165, 1.54) is 0 Å². The molecule has 1 unspecified atom stereocenters. The van der Waals surface area contributed by atoms with Gasteiger partial charge in [0.2, 0.25) is 5.91 Å². The van der Waals surface area contributed by atoms with Gasteiger partial charge in [0, 0.05) is 32.7 Å². The van der Waals surface area contributed by atoms with Crippen LogP contribution in [0, 0.1) is 5.92 Å². The zero-order valence-corrected chi connectivity index (χ0v) is 17.3. The number of nitrogens with one attached hydrogen (secondary N) is 2. The van der Waals surface area contributed by atoms with Crippen LogP contribution in [0.3, 0.4) is 0 Å². The lowest BCUT2D eigenvalue weighted by atomic mass is 9.94. The Hall–Kier alpha value is -3.07. The lowest BCUT2D eigenvalue weighted by Crippen LogP contribution is -2.38. The van der Waals surface area contributed by atoms with Crippen LogP contribution in [0.1, 0.15) is 30.7 Å². The third kappa shape index (κ3) is 4.73. The lowest BCUT2D eigenvalue weighted by molar-refractivity contribution is -0.122. The van der Waals surface area contributed by atoms with Crippen molar-refractivity contribution in [2.24, 2.45) is 5.92 Å². The second-order valence-electron chi connectivity index (χ2n) is 7.58. The molecule has 0 saturated carbocycles. The minimum atomic E-state index is 0.0343. The molecule has 1 aromatic carbocycles. The molecule has 30 heavy (non-hydrogen) atoms. The first kappa shape index (κ1) is 20.2. The monoisotopic (exact) mass is 413 g/mol. The third-order valence-corrected chi connectivity index (χ3v) is 5.30. The number of carbonyl (C=O) groups excluding carboxylic acids is 1. The van der Waals surface area contributed by atoms with Crippen LogP contribution in [0.2, 0.25) is 0 Å². The van der Waals surface area contributed by atoms with E-state index in [9.17, 15) is 4.79 Å². The maximum absolute atomic E-state index is 12.4. The summed E-state index contributed by atoms with van der Waals surface area (Å²) in [6, 6.07) is 8.09. The molecule has 2 aromatic heterocycles. The summed E-state index contributed by atoms with van der Waals surface area (Å²) in [5.74, 6) is 1.04. The van der Waals surface area contributed by atoms with Crippen molar-refractivity contribution in [3.05, 3.63) is 35.7 Å². The summed E-state index contributed by atoms with van der Waals surface area (Å²) in [7, 11) is 3.26. The molecule has 1 amide bonds. The summed E-state index contributed by atoms with van der Waals surface area (Å²) in [6.07, 6.45) is 2.49. The smallest absolute Gasteiger partial charge is 0.298 e. The highest BCUT2D eigenvalue weighted by molar-refractivity contribution is 5.77. The molecule has 9 nitrogen and oxygen atoms in total. The Bertz CT molecular complexity index is 998. The predicted molar refractivity (Wildman–Crippen MR) is 111 cm³/mol. The Kier molecular flexibility index (Phi) is 6.18. The van der Waals surface area contributed by atoms with Crippen molar-refractivity contribution in [2.75, 3.05) is 32.2 Å². The first-order valence-electron chi connectivity index (χ1n) is 10.1. The largest absolute Gasteiger partial charge is 0.497 e. The van der Waals surface area contributed by atoms with Gasteiger partial charge in [-0.2, -0.15) is 10.1 Å². The number of oxazole rings is 1. The molecule has 1 aliphatic heterocycles. The Morgan fingerprint density at radius 3 is 3.10 bits per heavy atom. The van der Waals surface area contributed by atoms with Crippen LogP contribution in [-0.4, -0.2) is 48.4 Å². The summed E-state index contributed by atoms with van der Waals surface area (Å²) in [4.78, 5) is 19.2. The molecule has 3 heterocycles. The van der Waals surface area contributed by atoms with Gasteiger partial charge < -0.3 is 24.1 Å². The van der Waals surface area contributed by atoms with Crippen LogP contribution in [0.5, 0.6) is 5.75 Å². The van der Waals surface area contributed by atoms with Gasteiger partial charge >= 0.3 is 0 Å². The fourth-order valence-electron chi connectivity index (χ4n) is 3.81. The van der Waals surface area contributed by atoms with E-state index in [1.54, 1.807) is 14.2 Å². The van der Waals surface area contributed by atoms with Crippen molar-refractivity contribution in [1.29, 1.82) is 0 Å². The van der Waals surface area contributed by atoms with Gasteiger partial charge in [0.25, 0.3) is 6.01 Å². The van der Waals surface area contributed by atoms with Crippen molar-refractivity contribution in [2.45, 2.75) is 32.4 Å². The molecule has 3 aromatic rings. The molecule has 0 spiro atoms. The average Bonchev–Trinajstić information content (AvgIpc) is 3.39. The number of benzene rings is 1. The van der Waals surface area contributed by atoms with E-state index in [4.69, 9.17) is 13.9 Å². The number of ether oxygens (including phenoxy) is 2. The summed E-state index contributed by atoms with van der Waals surface area (Å²) >= 11 is 0. The van der Waals surface area contributed by atoms with Crippen molar-refractivity contribution < 1.29 is 18.7 Å². The molecule has 0 aliphatic carbocycles. The van der Waals surface area contributed by atoms with Gasteiger partial charge in [-0.15, -0.1) is 0 Å². The molecule has 0 radical (unpaired) electrons. The van der Waals surface area contributed by atoms with Crippen LogP contribution in [0.25, 0.3) is 11.1 Å². The van der Waals surface area contributed by atoms with Gasteiger partial charge in [-0.05, 0) is 37.0 Å². The molecule has 2 N–H and O–H groups in total. The van der Waals surface area contributed by atoms with Crippen LogP contribution in [0.4, 0.5) is 6.01 Å². The number of hydrogen-bond donors (Lipinski definition) is 2. The maximum Gasteiger partial charge on any atom is 0.298 e. The second kappa shape index (κ2) is 9.17. The Labute approximate surface area is 174 Å². The van der Waals surface area contributed by atoms with E-state index in [0.29, 0.717) is 25.6 Å². The van der Waals surface area contributed by atoms with Gasteiger partial charge in [0.15, 0.2) is 5.58 Å². The normalized spacial score (nSPS) is 16.7. The summed E-state index contributed by atoms with van der Waals surface area (Å²) in [6.45, 7) is 2.50. The summed E-state index contributed by atoms with van der Waals surface area (Å²) in [5, 5.41) is 10.0. The first-order chi connectivity index (χ1) is 14.6. The van der Waals surface area contributed by atoms with Gasteiger partial charge in [-0.3, -0.25) is 9.89 Å². The number of fused-ring (bicyclic) bond motifs is 1. The SMILES string of the molecule is COCc1cc(CNC(=O)CC2CCCN(c3nc4cc(OC)ccc4o3)C2)[nH]n1. The molecule has 1 fully saturated rings. The standard InChI is InChI=1S/C21H27N5O4/c1-28-13-16-9-15(24-25-16)11-22-20(27)8-14-4-3-7-26(12-14)21-23-18-10-17(29-2)5-6-19(18)30-21/h5-6,9-10,14H,3-4,7-8,11-13H2,1-2H3,(H,22,27)(H,24,25). The number of aromatic amines is 1. The minimum absolute atomic E-state index is 0.0343. The number of carbonyl (C=O) groups is 1. The number of H-pyrrole nitrogens is 1. The Morgan fingerprint density at radius 1 is 1.37 bits per heavy atom. The van der Waals surface area contributed by atoms with Gasteiger partial charge in [-0.25, -0.2) is 0 Å². The third-order valence-electron chi connectivity index (χ3n) is 5.30. The lowest BCUT2D eigenvalue weighted by Gasteiger charge is -2.31. The molecule has 0 bridgehead atoms. The van der Waals surface area contributed by atoms with Gasteiger partial charge in [-0.1, -0.05) is 0 Å². The quantitative estimate of drug-likeness (QED) is 0.585. The topological polar surface area (TPSA) is 106 Å². The Morgan fingerprint density at radius 2 is 2.27 bits per heavy atom. The van der Waals surface area contributed by atoms with Gasteiger partial charge in [0.1, 0.15) is 11.3 Å². The number of hydrogen-bond acceptors (Lipinski definition) is 7. The minimum Gasteiger partial charge on any atom is -0.497 e. The number of nitrogens with zero attached hydrogens (tertiary/aromatic N) is 3. The molecular formula is C21H27N5O4. The van der Waals surface area contributed by atoms with E-state index in [0.717, 1.165) is 54.2 Å². The van der Waals surface area contributed by atoms with Crippen LogP contribution >= 0.6 is 0 Å². The zero-order chi connectivity index (χ0) is 20.9. The second-order valence-corrected chi connectivity index (χ2v) is 7.58. The van der Waals surface area contributed by atoms with E-state index in [1.807, 2.05) is 24.3 Å². The van der Waals surface area contributed by atoms with Crippen LogP contribution in [-0.2, 0) is 22.7 Å². The molecule has 1 atom stereocenters. The van der Waals surface area contributed by atoms with Crippen molar-refractivity contribution in [3.8, 4) is 5.75 Å². The average molecular weight is 413 g/mol. The van der Waals surface area contributed by atoms with E-state index < -0.39 is 0 Å². The highest BCUT2D eigenvalue weighted by atomic mass is 16.5. The number of piperidine rings is 1. The number of rotatable bonds is 8. The molecule has 160 valence electrons. The van der Waals surface area contributed by atoms with Crippen molar-refractivity contribution in [3.63, 3.8) is 0 Å². The summed E-state index contributed by atoms with van der Waals surface area (Å²) in [5.41, 5.74) is 3.19. The van der Waals surface area contributed by atoms with Crippen molar-refractivity contribution in [1.82, 2.24) is 20.5 Å². The van der Waals surface area contributed by atoms with Crippen molar-refractivity contribution >= 4 is 23.0 Å². The number of amides is 1. The fraction of sp³-hybridized carbons (Fsp3) is 0.476. The van der Waals surface area contributed by atoms with Gasteiger partial charge in [0.05, 0.1) is 31.6 Å². The van der Waals surface area contributed by atoms with Crippen LogP contribution < -0.4 is 15.0 Å². The molecular weight excluding hydrogens is 386 g/mol. The maximum atomic E-state index is 12.4. The predicted octanol–water partition coefficient (Wildman–Crippen LogP) is 2.63. The number of aromatic nitrogens is 3.